The summed E-state index contributed by atoms with van der Waals surface area (Å²) < 4.78 is 15.6. The molecular formula is C21H42Cl3N3O3. The third kappa shape index (κ3) is 16.3. The van der Waals surface area contributed by atoms with E-state index >= 15 is 0 Å². The molecule has 0 radical (unpaired) electrons. The van der Waals surface area contributed by atoms with Crippen LogP contribution in [0.5, 0.6) is 0 Å². The topological polar surface area (TPSA) is 37.4 Å². The van der Waals surface area contributed by atoms with Gasteiger partial charge < -0.3 is 14.2 Å². The molecule has 9 heteroatoms. The largest absolute Gasteiger partial charge is 0.379 e. The number of halogens is 3. The van der Waals surface area contributed by atoms with Gasteiger partial charge in [0.25, 0.3) is 0 Å². The summed E-state index contributed by atoms with van der Waals surface area (Å²) in [6.07, 6.45) is 0. The van der Waals surface area contributed by atoms with Gasteiger partial charge in [-0.05, 0) is 20.8 Å². The Bertz CT molecular complexity index is 394. The van der Waals surface area contributed by atoms with Gasteiger partial charge in [-0.3, -0.25) is 14.7 Å². The van der Waals surface area contributed by atoms with Gasteiger partial charge in [0.15, 0.2) is 0 Å². The van der Waals surface area contributed by atoms with Gasteiger partial charge in [0.1, 0.15) is 0 Å². The highest BCUT2D eigenvalue weighted by Gasteiger charge is 2.19. The van der Waals surface area contributed by atoms with Crippen LogP contribution in [0.1, 0.15) is 20.8 Å². The first-order valence-electron chi connectivity index (χ1n) is 11.1. The van der Waals surface area contributed by atoms with E-state index in [1.165, 1.54) is 0 Å². The van der Waals surface area contributed by atoms with Crippen molar-refractivity contribution in [1.82, 2.24) is 14.7 Å². The second kappa shape index (κ2) is 17.2. The molecule has 30 heavy (non-hydrogen) atoms. The normalized spacial score (nSPS) is 23.0. The maximum Gasteiger partial charge on any atom is 0.0594 e. The summed E-state index contributed by atoms with van der Waals surface area (Å²) in [6, 6.07) is 0. The second-order valence-corrected chi connectivity index (χ2v) is 10.6. The van der Waals surface area contributed by atoms with Crippen LogP contribution < -0.4 is 0 Å². The van der Waals surface area contributed by atoms with E-state index in [-0.39, 0.29) is 10.3 Å². The molecule has 3 saturated heterocycles. The van der Waals surface area contributed by atoms with E-state index in [2.05, 4.69) is 14.7 Å². The molecule has 0 bridgehead atoms. The maximum absolute atomic E-state index is 6.08. The number of hydrogen-bond donors (Lipinski definition) is 0. The molecule has 0 amide bonds. The van der Waals surface area contributed by atoms with Gasteiger partial charge in [-0.25, -0.2) is 0 Å². The molecule has 0 saturated carbocycles. The predicted octanol–water partition coefficient (Wildman–Crippen LogP) is 2.84. The smallest absolute Gasteiger partial charge is 0.0594 e. The van der Waals surface area contributed by atoms with Crippen molar-refractivity contribution < 1.29 is 14.2 Å². The van der Waals surface area contributed by atoms with Gasteiger partial charge in [-0.1, -0.05) is 0 Å². The van der Waals surface area contributed by atoms with E-state index in [0.717, 1.165) is 104 Å². The van der Waals surface area contributed by atoms with Crippen molar-refractivity contribution in [3.8, 4) is 0 Å². The van der Waals surface area contributed by atoms with Crippen molar-refractivity contribution in [3.63, 3.8) is 0 Å². The van der Waals surface area contributed by atoms with Gasteiger partial charge in [0.05, 0.1) is 44.5 Å². The molecule has 3 rings (SSSR count). The summed E-state index contributed by atoms with van der Waals surface area (Å²) in [4.78, 5) is 6.89. The van der Waals surface area contributed by atoms with Gasteiger partial charge in [0, 0.05) is 70.2 Å². The van der Waals surface area contributed by atoms with Gasteiger partial charge in [0.2, 0.25) is 0 Å². The molecule has 6 nitrogen and oxygen atoms in total. The van der Waals surface area contributed by atoms with Crippen molar-refractivity contribution in [1.29, 1.82) is 0 Å². The molecule has 0 aromatic rings. The van der Waals surface area contributed by atoms with E-state index in [9.17, 15) is 0 Å². The Morgan fingerprint density at radius 2 is 1.17 bits per heavy atom. The molecule has 180 valence electrons. The van der Waals surface area contributed by atoms with E-state index < -0.39 is 0 Å². The van der Waals surface area contributed by atoms with Crippen molar-refractivity contribution >= 4 is 34.8 Å². The minimum absolute atomic E-state index is 0.0999. The fourth-order valence-corrected chi connectivity index (χ4v) is 3.98. The van der Waals surface area contributed by atoms with E-state index in [1.54, 1.807) is 0 Å². The summed E-state index contributed by atoms with van der Waals surface area (Å²) >= 11 is 17.5. The molecule has 1 atom stereocenters. The van der Waals surface area contributed by atoms with E-state index in [4.69, 9.17) is 49.0 Å². The Morgan fingerprint density at radius 3 is 1.53 bits per heavy atom. The number of rotatable bonds is 6. The van der Waals surface area contributed by atoms with Crippen LogP contribution in [0.15, 0.2) is 0 Å². The minimum Gasteiger partial charge on any atom is -0.379 e. The lowest BCUT2D eigenvalue weighted by Crippen LogP contribution is -2.42. The molecule has 1 unspecified atom stereocenters. The molecule has 0 aliphatic carbocycles. The SMILES string of the molecule is CC(C)(Cl)CN1CCOCC1.CC(Cl)CN1CCOCC1.ClCCN1CCOCC1. The molecule has 3 fully saturated rings. The molecule has 0 aromatic carbocycles. The van der Waals surface area contributed by atoms with Crippen molar-refractivity contribution in [3.05, 3.63) is 0 Å². The highest BCUT2D eigenvalue weighted by Crippen LogP contribution is 2.15. The van der Waals surface area contributed by atoms with Crippen LogP contribution in [-0.4, -0.2) is 129 Å². The lowest BCUT2D eigenvalue weighted by atomic mass is 10.2. The molecule has 3 heterocycles. The first kappa shape index (κ1) is 28.7. The Balaban J connectivity index is 0.000000226. The van der Waals surface area contributed by atoms with Crippen LogP contribution in [0, 0.1) is 0 Å². The van der Waals surface area contributed by atoms with Crippen LogP contribution in [0.2, 0.25) is 0 Å². The summed E-state index contributed by atoms with van der Waals surface area (Å²) in [6.45, 7) is 20.5. The summed E-state index contributed by atoms with van der Waals surface area (Å²) in [5.74, 6) is 0.736. The van der Waals surface area contributed by atoms with Crippen LogP contribution in [-0.2, 0) is 14.2 Å². The van der Waals surface area contributed by atoms with Crippen molar-refractivity contribution in [2.45, 2.75) is 31.0 Å². The third-order valence-electron chi connectivity index (χ3n) is 4.82. The maximum atomic E-state index is 6.08. The van der Waals surface area contributed by atoms with Crippen LogP contribution in [0.4, 0.5) is 0 Å². The Morgan fingerprint density at radius 1 is 0.767 bits per heavy atom. The summed E-state index contributed by atoms with van der Waals surface area (Å²) in [5.41, 5.74) is 0. The Kier molecular flexibility index (Phi) is 16.4. The van der Waals surface area contributed by atoms with Crippen molar-refractivity contribution in [2.24, 2.45) is 0 Å². The summed E-state index contributed by atoms with van der Waals surface area (Å²) in [7, 11) is 0. The fourth-order valence-electron chi connectivity index (χ4n) is 3.37. The average molecular weight is 491 g/mol. The average Bonchev–Trinajstić information content (AvgIpc) is 2.70. The molecule has 0 N–H and O–H groups in total. The van der Waals surface area contributed by atoms with Gasteiger partial charge >= 0.3 is 0 Å². The lowest BCUT2D eigenvalue weighted by Gasteiger charge is -2.31. The zero-order valence-corrected chi connectivity index (χ0v) is 21.4. The number of hydrogen-bond acceptors (Lipinski definition) is 6. The summed E-state index contributed by atoms with van der Waals surface area (Å²) in [5, 5.41) is 0.262. The second-order valence-electron chi connectivity index (χ2n) is 8.44. The van der Waals surface area contributed by atoms with E-state index in [0.29, 0.717) is 0 Å². The minimum atomic E-state index is -0.0999. The molecule has 0 aromatic heterocycles. The van der Waals surface area contributed by atoms with E-state index in [1.807, 2.05) is 20.8 Å². The number of ether oxygens (including phenoxy) is 3. The number of nitrogens with zero attached hydrogens (tertiary/aromatic N) is 3. The van der Waals surface area contributed by atoms with Gasteiger partial charge in [-0.2, -0.15) is 0 Å². The van der Waals surface area contributed by atoms with Crippen LogP contribution >= 0.6 is 34.8 Å². The third-order valence-corrected chi connectivity index (χ3v) is 5.25. The lowest BCUT2D eigenvalue weighted by molar-refractivity contribution is 0.0346. The Hall–Kier alpha value is 0.630. The quantitative estimate of drug-likeness (QED) is 0.533. The van der Waals surface area contributed by atoms with Crippen LogP contribution in [0.25, 0.3) is 0 Å². The monoisotopic (exact) mass is 489 g/mol. The number of alkyl halides is 3. The van der Waals surface area contributed by atoms with Gasteiger partial charge in [-0.15, -0.1) is 34.8 Å². The van der Waals surface area contributed by atoms with Crippen LogP contribution in [0.3, 0.4) is 0 Å². The van der Waals surface area contributed by atoms with Crippen molar-refractivity contribution in [2.75, 3.05) is 104 Å². The first-order valence-corrected chi connectivity index (χ1v) is 12.4. The molecular weight excluding hydrogens is 449 g/mol. The zero-order chi connectivity index (χ0) is 22.2. The number of morpholine rings is 3. The standard InChI is InChI=1S/C8H16ClNO.C7H14ClNO.C6H12ClNO/c1-8(2,9)7-10-3-5-11-6-4-10;1-7(8)6-9-2-4-10-5-3-9;7-1-2-8-3-5-9-6-4-8/h3-7H2,1-2H3;7H,2-6H2,1H3;1-6H2. The zero-order valence-electron chi connectivity index (χ0n) is 19.1. The highest BCUT2D eigenvalue weighted by molar-refractivity contribution is 6.23. The highest BCUT2D eigenvalue weighted by atomic mass is 35.5. The first-order chi connectivity index (χ1) is 14.3. The predicted molar refractivity (Wildman–Crippen MR) is 128 cm³/mol. The molecule has 3 aliphatic rings. The fraction of sp³-hybridized carbons (Fsp3) is 1.00. The molecule has 0 spiro atoms. The Labute approximate surface area is 199 Å². The molecule has 3 aliphatic heterocycles.